The van der Waals surface area contributed by atoms with Gasteiger partial charge in [0.2, 0.25) is 11.8 Å². The molecule has 2 N–H and O–H groups in total. The third-order valence-electron chi connectivity index (χ3n) is 3.44. The standard InChI is InChI=1S/C16H19N3O2S/c1-2-13-15(21)17-10-11-19(13)16(22)18-14(20)9-8-12-6-4-3-5-7-12/h3-9,13H,2,10-11H2,1H3,(H,17,21)(H,18,20,22)/b9-8-/t13-/m0/s1. The number of nitrogens with one attached hydrogen (secondary N) is 2. The van der Waals surface area contributed by atoms with Crippen LogP contribution in [0.15, 0.2) is 36.4 Å². The molecule has 1 atom stereocenters. The molecule has 1 fully saturated rings. The third-order valence-corrected chi connectivity index (χ3v) is 3.77. The van der Waals surface area contributed by atoms with E-state index < -0.39 is 0 Å². The second kappa shape index (κ2) is 7.70. The fourth-order valence-corrected chi connectivity index (χ4v) is 2.64. The molecule has 5 nitrogen and oxygen atoms in total. The maximum atomic E-state index is 11.9. The molecule has 6 heteroatoms. The van der Waals surface area contributed by atoms with Crippen molar-refractivity contribution in [1.82, 2.24) is 15.5 Å². The molecule has 0 bridgehead atoms. The Bertz CT molecular complexity index is 586. The summed E-state index contributed by atoms with van der Waals surface area (Å²) < 4.78 is 0. The minimum Gasteiger partial charge on any atom is -0.353 e. The van der Waals surface area contributed by atoms with Crippen molar-refractivity contribution >= 4 is 35.2 Å². The van der Waals surface area contributed by atoms with Gasteiger partial charge in [0, 0.05) is 19.2 Å². The van der Waals surface area contributed by atoms with E-state index in [0.29, 0.717) is 24.6 Å². The predicted molar refractivity (Wildman–Crippen MR) is 90.0 cm³/mol. The molecule has 22 heavy (non-hydrogen) atoms. The summed E-state index contributed by atoms with van der Waals surface area (Å²) in [7, 11) is 0. The van der Waals surface area contributed by atoms with Gasteiger partial charge in [-0.15, -0.1) is 0 Å². The lowest BCUT2D eigenvalue weighted by Crippen LogP contribution is -2.59. The van der Waals surface area contributed by atoms with Crippen LogP contribution in [0, 0.1) is 0 Å². The molecule has 0 aliphatic carbocycles. The van der Waals surface area contributed by atoms with Gasteiger partial charge < -0.3 is 10.2 Å². The zero-order valence-corrected chi connectivity index (χ0v) is 13.2. The maximum absolute atomic E-state index is 11.9. The summed E-state index contributed by atoms with van der Waals surface area (Å²) in [5.41, 5.74) is 0.937. The average molecular weight is 317 g/mol. The van der Waals surface area contributed by atoms with E-state index in [0.717, 1.165) is 5.56 Å². The van der Waals surface area contributed by atoms with E-state index in [2.05, 4.69) is 10.6 Å². The number of benzene rings is 1. The molecule has 2 rings (SSSR count). The normalized spacial score (nSPS) is 18.1. The number of thiocarbonyl (C=S) groups is 1. The zero-order valence-electron chi connectivity index (χ0n) is 12.4. The van der Waals surface area contributed by atoms with Crippen LogP contribution in [0.4, 0.5) is 0 Å². The lowest BCUT2D eigenvalue weighted by Gasteiger charge is -2.36. The number of carbonyl (C=O) groups excluding carboxylic acids is 2. The van der Waals surface area contributed by atoms with Crippen LogP contribution in [0.3, 0.4) is 0 Å². The minimum absolute atomic E-state index is 0.0508. The molecular formula is C16H19N3O2S. The Morgan fingerprint density at radius 2 is 2.18 bits per heavy atom. The first-order chi connectivity index (χ1) is 10.6. The highest BCUT2D eigenvalue weighted by molar-refractivity contribution is 7.80. The van der Waals surface area contributed by atoms with Crippen LogP contribution in [0.5, 0.6) is 0 Å². The number of nitrogens with zero attached hydrogens (tertiary/aromatic N) is 1. The lowest BCUT2D eigenvalue weighted by molar-refractivity contribution is -0.127. The van der Waals surface area contributed by atoms with Crippen molar-refractivity contribution in [1.29, 1.82) is 0 Å². The Labute approximate surface area is 135 Å². The topological polar surface area (TPSA) is 61.4 Å². The van der Waals surface area contributed by atoms with E-state index in [-0.39, 0.29) is 17.9 Å². The van der Waals surface area contributed by atoms with Gasteiger partial charge in [0.1, 0.15) is 6.04 Å². The Morgan fingerprint density at radius 1 is 1.45 bits per heavy atom. The number of rotatable bonds is 3. The van der Waals surface area contributed by atoms with Gasteiger partial charge >= 0.3 is 0 Å². The molecule has 1 aromatic carbocycles. The summed E-state index contributed by atoms with van der Waals surface area (Å²) in [5.74, 6) is -0.347. The van der Waals surface area contributed by atoms with Crippen LogP contribution in [-0.2, 0) is 9.59 Å². The highest BCUT2D eigenvalue weighted by atomic mass is 32.1. The number of hydrogen-bond acceptors (Lipinski definition) is 3. The van der Waals surface area contributed by atoms with Crippen LogP contribution in [0.1, 0.15) is 18.9 Å². The molecule has 1 aliphatic heterocycles. The van der Waals surface area contributed by atoms with E-state index >= 15 is 0 Å². The summed E-state index contributed by atoms with van der Waals surface area (Å²) in [4.78, 5) is 25.5. The number of hydrogen-bond donors (Lipinski definition) is 2. The molecule has 116 valence electrons. The molecule has 0 unspecified atom stereocenters. The Morgan fingerprint density at radius 3 is 2.86 bits per heavy atom. The molecule has 0 radical (unpaired) electrons. The Kier molecular flexibility index (Phi) is 5.66. The van der Waals surface area contributed by atoms with Crippen molar-refractivity contribution in [3.8, 4) is 0 Å². The smallest absolute Gasteiger partial charge is 0.250 e. The van der Waals surface area contributed by atoms with Crippen molar-refractivity contribution < 1.29 is 9.59 Å². The van der Waals surface area contributed by atoms with Crippen LogP contribution in [0.25, 0.3) is 6.08 Å². The summed E-state index contributed by atoms with van der Waals surface area (Å²) in [6.07, 6.45) is 3.80. The second-order valence-corrected chi connectivity index (χ2v) is 5.33. The second-order valence-electron chi connectivity index (χ2n) is 4.95. The quantitative estimate of drug-likeness (QED) is 0.652. The van der Waals surface area contributed by atoms with Crippen molar-refractivity contribution in [3.05, 3.63) is 42.0 Å². The van der Waals surface area contributed by atoms with Crippen molar-refractivity contribution in [2.75, 3.05) is 13.1 Å². The van der Waals surface area contributed by atoms with Gasteiger partial charge in [-0.05, 0) is 30.3 Å². The SMILES string of the molecule is CC[C@H]1C(=O)NCCN1C(=S)NC(=O)/C=C\c1ccccc1. The van der Waals surface area contributed by atoms with E-state index in [1.54, 1.807) is 11.0 Å². The molecule has 0 spiro atoms. The van der Waals surface area contributed by atoms with Gasteiger partial charge in [-0.25, -0.2) is 0 Å². The first-order valence-corrected chi connectivity index (χ1v) is 7.65. The largest absolute Gasteiger partial charge is 0.353 e. The van der Waals surface area contributed by atoms with Gasteiger partial charge in [0.25, 0.3) is 0 Å². The van der Waals surface area contributed by atoms with Crippen LogP contribution in [0.2, 0.25) is 0 Å². The lowest BCUT2D eigenvalue weighted by atomic mass is 10.1. The summed E-state index contributed by atoms with van der Waals surface area (Å²) in [6.45, 7) is 3.05. The van der Waals surface area contributed by atoms with Crippen molar-refractivity contribution in [3.63, 3.8) is 0 Å². The fourth-order valence-electron chi connectivity index (χ4n) is 2.32. The van der Waals surface area contributed by atoms with Crippen LogP contribution < -0.4 is 10.6 Å². The fraction of sp³-hybridized carbons (Fsp3) is 0.312. The van der Waals surface area contributed by atoms with E-state index in [4.69, 9.17) is 12.2 Å². The summed E-state index contributed by atoms with van der Waals surface area (Å²) in [5, 5.41) is 5.75. The third kappa shape index (κ3) is 4.14. The maximum Gasteiger partial charge on any atom is 0.250 e. The van der Waals surface area contributed by atoms with Gasteiger partial charge in [-0.1, -0.05) is 37.3 Å². The van der Waals surface area contributed by atoms with Gasteiger partial charge in [0.05, 0.1) is 0 Å². The van der Waals surface area contributed by atoms with E-state index in [1.165, 1.54) is 6.08 Å². The monoisotopic (exact) mass is 317 g/mol. The van der Waals surface area contributed by atoms with Gasteiger partial charge in [-0.3, -0.25) is 14.9 Å². The molecule has 1 aromatic rings. The van der Waals surface area contributed by atoms with Crippen molar-refractivity contribution in [2.24, 2.45) is 0 Å². The molecule has 1 heterocycles. The predicted octanol–water partition coefficient (Wildman–Crippen LogP) is 1.31. The van der Waals surface area contributed by atoms with E-state index in [1.807, 2.05) is 37.3 Å². The van der Waals surface area contributed by atoms with Crippen LogP contribution >= 0.6 is 12.2 Å². The first-order valence-electron chi connectivity index (χ1n) is 7.24. The Balaban J connectivity index is 1.94. The van der Waals surface area contributed by atoms with Gasteiger partial charge in [0.15, 0.2) is 5.11 Å². The van der Waals surface area contributed by atoms with E-state index in [9.17, 15) is 9.59 Å². The highest BCUT2D eigenvalue weighted by Gasteiger charge is 2.29. The number of amides is 2. The average Bonchev–Trinajstić information content (AvgIpc) is 2.53. The molecule has 1 saturated heterocycles. The summed E-state index contributed by atoms with van der Waals surface area (Å²) in [6, 6.07) is 9.22. The molecule has 2 amide bonds. The first kappa shape index (κ1) is 16.2. The highest BCUT2D eigenvalue weighted by Crippen LogP contribution is 2.09. The Hall–Kier alpha value is -2.21. The number of piperazine rings is 1. The molecule has 0 aromatic heterocycles. The molecular weight excluding hydrogens is 298 g/mol. The number of carbonyl (C=O) groups is 2. The molecule has 0 saturated carbocycles. The summed E-state index contributed by atoms with van der Waals surface area (Å²) >= 11 is 5.26. The zero-order chi connectivity index (χ0) is 15.9. The molecule has 1 aliphatic rings. The van der Waals surface area contributed by atoms with Crippen LogP contribution in [-0.4, -0.2) is 41.0 Å². The van der Waals surface area contributed by atoms with Gasteiger partial charge in [-0.2, -0.15) is 0 Å². The minimum atomic E-state index is -0.320. The van der Waals surface area contributed by atoms with Crippen molar-refractivity contribution in [2.45, 2.75) is 19.4 Å².